The summed E-state index contributed by atoms with van der Waals surface area (Å²) in [7, 11) is 0. The van der Waals surface area contributed by atoms with E-state index in [2.05, 4.69) is 322 Å². The van der Waals surface area contributed by atoms with Gasteiger partial charge in [0.25, 0.3) is 0 Å². The third kappa shape index (κ3) is 16.5. The van der Waals surface area contributed by atoms with Gasteiger partial charge in [0.2, 0.25) is 0 Å². The summed E-state index contributed by atoms with van der Waals surface area (Å²) in [5, 5.41) is 21.5. The number of fused-ring (bicyclic) bond motifs is 17. The average molecular weight is 1870 g/mol. The van der Waals surface area contributed by atoms with Crippen molar-refractivity contribution >= 4 is 119 Å². The lowest BCUT2D eigenvalue weighted by Gasteiger charge is -2.13. The van der Waals surface area contributed by atoms with E-state index in [0.29, 0.717) is 74.7 Å². The number of rotatable bonds is 14. The molecule has 16 heteroatoms. The monoisotopic (exact) mass is 1860 g/mol. The summed E-state index contributed by atoms with van der Waals surface area (Å²) in [4.78, 5) is 79.8. The molecule has 28 rings (SSSR count). The van der Waals surface area contributed by atoms with E-state index >= 15 is 0 Å². The fraction of sp³-hybridized carbons (Fsp3) is 0. The van der Waals surface area contributed by atoms with Gasteiger partial charge in [0, 0.05) is 81.9 Å². The summed E-state index contributed by atoms with van der Waals surface area (Å²) in [6, 6.07) is 154. The second-order valence-electron chi connectivity index (χ2n) is 35.8. The summed E-state index contributed by atoms with van der Waals surface area (Å²) in [6.07, 6.45) is 10.7. The van der Waals surface area contributed by atoms with Crippen LogP contribution in [0.3, 0.4) is 0 Å². The molecule has 0 atom stereocenters. The molecule has 28 aromatic rings. The lowest BCUT2D eigenvalue weighted by molar-refractivity contribution is 1.05. The zero-order valence-corrected chi connectivity index (χ0v) is 78.3. The first kappa shape index (κ1) is 86.3. The van der Waals surface area contributed by atoms with Crippen molar-refractivity contribution in [2.75, 3.05) is 0 Å². The first-order chi connectivity index (χ1) is 72.3. The molecule has 9 aromatic heterocycles. The highest BCUT2D eigenvalue weighted by atomic mass is 15.1. The summed E-state index contributed by atoms with van der Waals surface area (Å²) in [5.41, 5.74) is 22.5. The molecule has 0 saturated heterocycles. The summed E-state index contributed by atoms with van der Waals surface area (Å²) in [6.45, 7) is 0. The van der Waals surface area contributed by atoms with Crippen LogP contribution in [-0.4, -0.2) is 79.7 Å². The second-order valence-corrected chi connectivity index (χ2v) is 35.8. The van der Waals surface area contributed by atoms with E-state index in [1.165, 1.54) is 54.2 Å². The largest absolute Gasteiger partial charge is 0.251 e. The number of para-hydroxylation sites is 3. The molecule has 0 aliphatic rings. The van der Waals surface area contributed by atoms with Gasteiger partial charge in [0.15, 0.2) is 29.1 Å². The summed E-state index contributed by atoms with van der Waals surface area (Å²) in [5.74, 6) is 2.87. The molecule has 0 unspecified atom stereocenters. The second kappa shape index (κ2) is 37.6. The van der Waals surface area contributed by atoms with Crippen LogP contribution in [0.15, 0.2) is 486 Å². The van der Waals surface area contributed by atoms with E-state index in [-0.39, 0.29) is 0 Å². The number of benzene rings is 19. The van der Waals surface area contributed by atoms with Crippen molar-refractivity contribution in [3.05, 3.63) is 486 Å². The summed E-state index contributed by atoms with van der Waals surface area (Å²) < 4.78 is 0. The quantitative estimate of drug-likeness (QED) is 0.0928. The molecule has 0 amide bonds. The van der Waals surface area contributed by atoms with Gasteiger partial charge < -0.3 is 0 Å². The Kier molecular flexibility index (Phi) is 22.2. The molecule has 0 N–H and O–H groups in total. The van der Waals surface area contributed by atoms with E-state index in [1.54, 1.807) is 37.2 Å². The molecule has 16 nitrogen and oxygen atoms in total. The Balaban J connectivity index is 0.000000111. The first-order valence-electron chi connectivity index (χ1n) is 48.4. The lowest BCUT2D eigenvalue weighted by atomic mass is 9.97. The molecular weight excluding hydrogens is 1790 g/mol. The molecule has 0 aliphatic heterocycles. The number of pyridine rings is 3. The Bertz CT molecular complexity index is 9380. The topological polar surface area (TPSA) is 206 Å². The van der Waals surface area contributed by atoms with Crippen LogP contribution in [0.25, 0.3) is 278 Å². The number of hydrogen-bond acceptors (Lipinski definition) is 16. The maximum Gasteiger partial charge on any atom is 0.184 e. The van der Waals surface area contributed by atoms with E-state index in [4.69, 9.17) is 79.7 Å². The molecule has 146 heavy (non-hydrogen) atoms. The van der Waals surface area contributed by atoms with Gasteiger partial charge >= 0.3 is 0 Å². The van der Waals surface area contributed by atoms with Crippen LogP contribution in [0.4, 0.5) is 0 Å². The Hall–Kier alpha value is -20.1. The predicted octanol–water partition coefficient (Wildman–Crippen LogP) is 31.4. The average Bonchev–Trinajstić information content (AvgIpc) is 0.804. The fourth-order valence-corrected chi connectivity index (χ4v) is 19.9. The van der Waals surface area contributed by atoms with Gasteiger partial charge in [0.05, 0.1) is 93.6 Å². The minimum Gasteiger partial charge on any atom is -0.251 e. The van der Waals surface area contributed by atoms with Gasteiger partial charge in [-0.1, -0.05) is 419 Å². The van der Waals surface area contributed by atoms with Crippen molar-refractivity contribution < 1.29 is 0 Å². The third-order valence-corrected chi connectivity index (χ3v) is 27.0. The van der Waals surface area contributed by atoms with E-state index in [1.807, 2.05) is 127 Å². The molecular formula is C130H80N16. The van der Waals surface area contributed by atoms with E-state index in [9.17, 15) is 0 Å². The van der Waals surface area contributed by atoms with Crippen LogP contribution < -0.4 is 0 Å². The van der Waals surface area contributed by atoms with Gasteiger partial charge in [-0.25, -0.2) is 54.8 Å². The van der Waals surface area contributed by atoms with Gasteiger partial charge in [-0.05, 0) is 106 Å². The van der Waals surface area contributed by atoms with Crippen LogP contribution in [0, 0.1) is 0 Å². The van der Waals surface area contributed by atoms with Gasteiger partial charge in [-0.3, -0.25) is 24.9 Å². The van der Waals surface area contributed by atoms with E-state index in [0.717, 1.165) is 149 Å². The van der Waals surface area contributed by atoms with Crippen LogP contribution in [0.1, 0.15) is 0 Å². The smallest absolute Gasteiger partial charge is 0.184 e. The van der Waals surface area contributed by atoms with Gasteiger partial charge in [0.1, 0.15) is 34.2 Å². The van der Waals surface area contributed by atoms with Crippen LogP contribution in [0.5, 0.6) is 0 Å². The Morgan fingerprint density at radius 1 is 0.123 bits per heavy atom. The molecule has 0 aliphatic carbocycles. The normalized spacial score (nSPS) is 11.4. The lowest BCUT2D eigenvalue weighted by Crippen LogP contribution is -2.02. The standard InChI is InChI=1S/C44H26N6.2C43H27N5/c1-4-16-30-27(11-1)14-9-20-33(30)42-48-43(34-21-10-15-28-12-2-5-17-31(28)34)50-44(49-42)39-26-45-38(25-46-39)41-36-24-23-29-13-3-6-18-32(29)40(36)35-19-7-8-22-37(35)47-41;1-3-11-28(12-4-1)29-19-21-31(22-20-29)37-25-38(48-43(47-37)32-14-5-2-6-15-32)39-26-45-40(27-44-39)42-35-24-23-30-13-7-8-16-33(30)41(35)34-17-9-10-18-36(34)46-42;1-3-11-28(12-4-1)29-19-21-32(22-20-29)43-47-37(31-14-5-2-6-15-31)25-38(48-43)39-26-45-40(27-44-39)42-35-24-23-30-13-7-8-16-33(30)41(35)34-17-9-10-18-36(34)46-42/h1-26H;2*1-27H. The highest BCUT2D eigenvalue weighted by Gasteiger charge is 2.24. The molecule has 0 spiro atoms. The van der Waals surface area contributed by atoms with Gasteiger partial charge in [-0.15, -0.1) is 0 Å². The van der Waals surface area contributed by atoms with Crippen molar-refractivity contribution in [2.45, 2.75) is 0 Å². The maximum absolute atomic E-state index is 5.10. The molecule has 0 bridgehead atoms. The van der Waals surface area contributed by atoms with Crippen molar-refractivity contribution in [1.82, 2.24) is 79.7 Å². The Labute approximate surface area is 837 Å². The van der Waals surface area contributed by atoms with Crippen LogP contribution in [0.2, 0.25) is 0 Å². The predicted molar refractivity (Wildman–Crippen MR) is 593 cm³/mol. The highest BCUT2D eigenvalue weighted by Crippen LogP contribution is 2.44. The van der Waals surface area contributed by atoms with Crippen LogP contribution >= 0.6 is 0 Å². The van der Waals surface area contributed by atoms with Crippen molar-refractivity contribution in [3.8, 4) is 159 Å². The van der Waals surface area contributed by atoms with Crippen molar-refractivity contribution in [1.29, 1.82) is 0 Å². The first-order valence-corrected chi connectivity index (χ1v) is 48.4. The molecule has 9 heterocycles. The number of aromatic nitrogens is 16. The number of nitrogens with zero attached hydrogens (tertiary/aromatic N) is 16. The Morgan fingerprint density at radius 2 is 0.377 bits per heavy atom. The Morgan fingerprint density at radius 3 is 0.747 bits per heavy atom. The molecule has 19 aromatic carbocycles. The zero-order valence-electron chi connectivity index (χ0n) is 78.3. The highest BCUT2D eigenvalue weighted by molar-refractivity contribution is 6.25. The fourth-order valence-electron chi connectivity index (χ4n) is 19.9. The molecule has 0 saturated carbocycles. The molecule has 680 valence electrons. The molecule has 0 radical (unpaired) electrons. The van der Waals surface area contributed by atoms with Crippen molar-refractivity contribution in [3.63, 3.8) is 0 Å². The maximum atomic E-state index is 5.10. The molecule has 0 fully saturated rings. The number of hydrogen-bond donors (Lipinski definition) is 0. The van der Waals surface area contributed by atoms with Gasteiger partial charge in [-0.2, -0.15) is 0 Å². The minimum absolute atomic E-state index is 0.451. The third-order valence-electron chi connectivity index (χ3n) is 27.0. The summed E-state index contributed by atoms with van der Waals surface area (Å²) >= 11 is 0. The SMILES string of the molecule is c1ccc(-c2ccc(-c3cc(-c4cnc(-c5nc6ccccc6c6c5ccc5ccccc56)cn4)nc(-c4ccccc4)n3)cc2)cc1.c1ccc(-c2ccc(-c3nc(-c4ccccc4)cc(-c4cnc(-c5nc6ccccc6c6c5ccc5ccccc56)cn4)n3)cc2)cc1.c1ccc2c(-c3nc(-c4cnc(-c5nc6ccccc6c6c5ccc5ccccc56)cn4)nc(-c4cccc5ccccc45)n3)cccc2c1. The zero-order chi connectivity index (χ0) is 96.7. The van der Waals surface area contributed by atoms with E-state index < -0.39 is 0 Å². The van der Waals surface area contributed by atoms with Crippen LogP contribution in [-0.2, 0) is 0 Å². The minimum atomic E-state index is 0.451. The van der Waals surface area contributed by atoms with Crippen molar-refractivity contribution in [2.24, 2.45) is 0 Å².